The predicted octanol–water partition coefficient (Wildman–Crippen LogP) is -1.39. The van der Waals surface area contributed by atoms with Crippen molar-refractivity contribution in [3.05, 3.63) is 0 Å². The average Bonchev–Trinajstić information content (AvgIpc) is 1.87. The molecule has 0 aromatic heterocycles. The van der Waals surface area contributed by atoms with E-state index in [1.807, 2.05) is 0 Å². The maximum Gasteiger partial charge on any atom is 0.283 e. The fourth-order valence-corrected chi connectivity index (χ4v) is 0.409. The molecule has 1 unspecified atom stereocenters. The molecule has 0 saturated carbocycles. The molecule has 0 bridgehead atoms. The summed E-state index contributed by atoms with van der Waals surface area (Å²) in [6.45, 7) is 0.422. The molecule has 51 valence electrons. The maximum atomic E-state index is 5.23. The first-order chi connectivity index (χ1) is 3.29. The van der Waals surface area contributed by atoms with Crippen molar-refractivity contribution in [2.45, 2.75) is 6.17 Å². The molecular weight excluding hydrogens is 158 g/mol. The van der Waals surface area contributed by atoms with Crippen LogP contribution in [0.1, 0.15) is 0 Å². The minimum Gasteiger partial charge on any atom is -0.462 e. The molecule has 0 aliphatic carbocycles. The largest absolute Gasteiger partial charge is 0.462 e. The minimum absolute atomic E-state index is 0. The van der Waals surface area contributed by atoms with E-state index in [0.29, 0.717) is 6.61 Å². The predicted molar refractivity (Wildman–Crippen MR) is 25.5 cm³/mol. The molecule has 1 radical (unpaired) electrons. The summed E-state index contributed by atoms with van der Waals surface area (Å²) in [5.41, 5.74) is 10.3. The number of nitrogens with zero attached hydrogens (tertiary/aromatic N) is 1. The molecule has 5 heteroatoms. The number of rotatable bonds is 0. The second-order valence-corrected chi connectivity index (χ2v) is 1.35. The molecule has 1 aliphatic rings. The van der Waals surface area contributed by atoms with Crippen LogP contribution in [0.4, 0.5) is 0 Å². The van der Waals surface area contributed by atoms with Gasteiger partial charge in [0.15, 0.2) is 0 Å². The van der Waals surface area contributed by atoms with Crippen LogP contribution in [-0.4, -0.2) is 18.8 Å². The zero-order valence-electron chi connectivity index (χ0n) is 4.10. The molecule has 0 amide bonds. The Morgan fingerprint density at radius 1 is 1.75 bits per heavy atom. The summed E-state index contributed by atoms with van der Waals surface area (Å²) in [5, 5.41) is 0. The van der Waals surface area contributed by atoms with Crippen molar-refractivity contribution in [2.75, 3.05) is 6.61 Å². The Hall–Kier alpha value is -0.251. The van der Waals surface area contributed by atoms with Crippen LogP contribution in [0.5, 0.6) is 0 Å². The number of hydrogen-bond donors (Lipinski definition) is 2. The Balaban J connectivity index is 0.000000490. The van der Waals surface area contributed by atoms with Gasteiger partial charge in [-0.05, 0) is 0 Å². The molecular formula is C3H7CuN3O. The van der Waals surface area contributed by atoms with Gasteiger partial charge >= 0.3 is 0 Å². The molecule has 1 rings (SSSR count). The normalized spacial score (nSPS) is 25.6. The molecule has 1 heterocycles. The van der Waals surface area contributed by atoms with Crippen LogP contribution in [-0.2, 0) is 21.8 Å². The Bertz CT molecular complexity index is 105. The number of amidine groups is 1. The Labute approximate surface area is 57.7 Å². The third-order valence-corrected chi connectivity index (χ3v) is 0.695. The van der Waals surface area contributed by atoms with Crippen molar-refractivity contribution in [1.82, 2.24) is 0 Å². The minimum atomic E-state index is -0.236. The van der Waals surface area contributed by atoms with E-state index in [9.17, 15) is 0 Å². The molecule has 1 aliphatic heterocycles. The summed E-state index contributed by atoms with van der Waals surface area (Å²) >= 11 is 0. The van der Waals surface area contributed by atoms with Crippen molar-refractivity contribution >= 4 is 6.02 Å². The SMILES string of the molecule is NC1=NC(N)CO1.[Cu]. The maximum absolute atomic E-state index is 5.23. The Morgan fingerprint density at radius 2 is 2.38 bits per heavy atom. The van der Waals surface area contributed by atoms with Gasteiger partial charge in [0, 0.05) is 17.1 Å². The third kappa shape index (κ3) is 1.69. The van der Waals surface area contributed by atoms with Crippen molar-refractivity contribution in [2.24, 2.45) is 16.5 Å². The van der Waals surface area contributed by atoms with Crippen LogP contribution < -0.4 is 11.5 Å². The third-order valence-electron chi connectivity index (χ3n) is 0.695. The van der Waals surface area contributed by atoms with Crippen LogP contribution >= 0.6 is 0 Å². The van der Waals surface area contributed by atoms with Crippen LogP contribution in [0.25, 0.3) is 0 Å². The molecule has 0 aromatic rings. The van der Waals surface area contributed by atoms with E-state index in [4.69, 9.17) is 11.5 Å². The fraction of sp³-hybridized carbons (Fsp3) is 0.667. The zero-order chi connectivity index (χ0) is 5.28. The first-order valence-corrected chi connectivity index (χ1v) is 2.00. The van der Waals surface area contributed by atoms with E-state index in [2.05, 4.69) is 9.73 Å². The topological polar surface area (TPSA) is 73.6 Å². The molecule has 0 aromatic carbocycles. The molecule has 0 fully saturated rings. The van der Waals surface area contributed by atoms with Crippen LogP contribution in [0.15, 0.2) is 4.99 Å². The van der Waals surface area contributed by atoms with Gasteiger partial charge in [0.1, 0.15) is 12.8 Å². The van der Waals surface area contributed by atoms with Crippen molar-refractivity contribution in [3.8, 4) is 0 Å². The zero-order valence-corrected chi connectivity index (χ0v) is 5.04. The van der Waals surface area contributed by atoms with E-state index in [1.165, 1.54) is 0 Å². The van der Waals surface area contributed by atoms with Crippen LogP contribution in [0.2, 0.25) is 0 Å². The molecule has 4 N–H and O–H groups in total. The van der Waals surface area contributed by atoms with Gasteiger partial charge in [0.25, 0.3) is 6.02 Å². The van der Waals surface area contributed by atoms with Gasteiger partial charge in [0.2, 0.25) is 0 Å². The molecule has 0 saturated heterocycles. The first kappa shape index (κ1) is 7.75. The van der Waals surface area contributed by atoms with Gasteiger partial charge in [0.05, 0.1) is 0 Å². The van der Waals surface area contributed by atoms with Gasteiger partial charge in [-0.15, -0.1) is 0 Å². The number of hydrogen-bond acceptors (Lipinski definition) is 4. The van der Waals surface area contributed by atoms with E-state index in [-0.39, 0.29) is 29.3 Å². The smallest absolute Gasteiger partial charge is 0.283 e. The van der Waals surface area contributed by atoms with Gasteiger partial charge in [-0.25, -0.2) is 4.99 Å². The summed E-state index contributed by atoms with van der Waals surface area (Å²) in [7, 11) is 0. The van der Waals surface area contributed by atoms with Crippen LogP contribution in [0.3, 0.4) is 0 Å². The van der Waals surface area contributed by atoms with Gasteiger partial charge < -0.3 is 16.2 Å². The molecule has 0 spiro atoms. The van der Waals surface area contributed by atoms with Crippen molar-refractivity contribution < 1.29 is 21.8 Å². The van der Waals surface area contributed by atoms with Crippen LogP contribution in [0, 0.1) is 0 Å². The summed E-state index contributed by atoms with van der Waals surface area (Å²) in [4.78, 5) is 3.64. The standard InChI is InChI=1S/C3H7N3O.Cu/c4-2-1-7-3(5)6-2;/h2H,1,4H2,(H2,5,6);. The Kier molecular flexibility index (Phi) is 2.82. The van der Waals surface area contributed by atoms with Crippen molar-refractivity contribution in [1.29, 1.82) is 0 Å². The fourth-order valence-electron chi connectivity index (χ4n) is 0.409. The van der Waals surface area contributed by atoms with E-state index >= 15 is 0 Å². The number of aliphatic imine (C=N–C) groups is 1. The molecule has 8 heavy (non-hydrogen) atoms. The Morgan fingerprint density at radius 3 is 2.50 bits per heavy atom. The summed E-state index contributed by atoms with van der Waals surface area (Å²) in [6, 6.07) is 0.201. The first-order valence-electron chi connectivity index (χ1n) is 2.00. The quantitative estimate of drug-likeness (QED) is 0.433. The second-order valence-electron chi connectivity index (χ2n) is 1.35. The molecule has 1 atom stereocenters. The second kappa shape index (κ2) is 2.91. The van der Waals surface area contributed by atoms with Gasteiger partial charge in [-0.2, -0.15) is 0 Å². The monoisotopic (exact) mass is 164 g/mol. The number of nitrogens with two attached hydrogens (primary N) is 2. The summed E-state index contributed by atoms with van der Waals surface area (Å²) in [5.74, 6) is 0. The van der Waals surface area contributed by atoms with E-state index in [1.54, 1.807) is 0 Å². The number of ether oxygens (including phenoxy) is 1. The van der Waals surface area contributed by atoms with Gasteiger partial charge in [-0.3, -0.25) is 0 Å². The summed E-state index contributed by atoms with van der Waals surface area (Å²) < 4.78 is 4.67. The van der Waals surface area contributed by atoms with Crippen molar-refractivity contribution in [3.63, 3.8) is 0 Å². The average molecular weight is 165 g/mol. The summed E-state index contributed by atoms with van der Waals surface area (Å²) in [6.07, 6.45) is -0.236. The van der Waals surface area contributed by atoms with E-state index < -0.39 is 0 Å². The van der Waals surface area contributed by atoms with Gasteiger partial charge in [-0.1, -0.05) is 0 Å². The molecule has 4 nitrogen and oxygen atoms in total. The van der Waals surface area contributed by atoms with E-state index in [0.717, 1.165) is 0 Å².